The van der Waals surface area contributed by atoms with Crippen molar-refractivity contribution in [2.45, 2.75) is 103 Å². The number of furan rings is 1. The van der Waals surface area contributed by atoms with Gasteiger partial charge in [-0.05, 0) is 32.3 Å². The van der Waals surface area contributed by atoms with E-state index < -0.39 is 0 Å². The van der Waals surface area contributed by atoms with Crippen LogP contribution in [0, 0.1) is 0 Å². The molecular weight excluding hydrogens is 340 g/mol. The van der Waals surface area contributed by atoms with Crippen molar-refractivity contribution in [3.05, 3.63) is 28.5 Å². The van der Waals surface area contributed by atoms with Crippen molar-refractivity contribution in [3.8, 4) is 0 Å². The first-order valence-corrected chi connectivity index (χ1v) is 10.8. The molecule has 2 atom stereocenters. The Morgan fingerprint density at radius 3 is 2.44 bits per heavy atom. The van der Waals surface area contributed by atoms with E-state index in [1.807, 2.05) is 19.2 Å². The number of aromatic nitrogens is 2. The number of rotatable bonds is 11. The predicted molar refractivity (Wildman–Crippen MR) is 108 cm³/mol. The number of nitrogens with zero attached hydrogens (tertiary/aromatic N) is 2. The maximum absolute atomic E-state index is 12.3. The van der Waals surface area contributed by atoms with Gasteiger partial charge in [0.05, 0.1) is 11.5 Å². The molecule has 0 aromatic carbocycles. The molecule has 3 heterocycles. The summed E-state index contributed by atoms with van der Waals surface area (Å²) in [7, 11) is 0. The van der Waals surface area contributed by atoms with Gasteiger partial charge in [0.15, 0.2) is 0 Å². The smallest absolute Gasteiger partial charge is 0.353 e. The van der Waals surface area contributed by atoms with Crippen molar-refractivity contribution in [2.24, 2.45) is 0 Å². The maximum atomic E-state index is 12.3. The van der Waals surface area contributed by atoms with E-state index in [1.54, 1.807) is 4.57 Å². The SMILES string of the molecule is CCCCCCCCCCCc1cc2cn(C3CCC(C)O3)c(=O)nc2o1. The Morgan fingerprint density at radius 1 is 1.07 bits per heavy atom. The molecule has 1 fully saturated rings. The first-order valence-electron chi connectivity index (χ1n) is 10.8. The molecule has 3 rings (SSSR count). The van der Waals surface area contributed by atoms with Gasteiger partial charge in [0.2, 0.25) is 5.71 Å². The van der Waals surface area contributed by atoms with Crippen LogP contribution in [0.4, 0.5) is 0 Å². The minimum atomic E-state index is -0.287. The highest BCUT2D eigenvalue weighted by Crippen LogP contribution is 2.27. The largest absolute Gasteiger partial charge is 0.443 e. The zero-order valence-corrected chi connectivity index (χ0v) is 16.9. The summed E-state index contributed by atoms with van der Waals surface area (Å²) in [5.41, 5.74) is 0.166. The van der Waals surface area contributed by atoms with E-state index in [-0.39, 0.29) is 18.0 Å². The van der Waals surface area contributed by atoms with Crippen LogP contribution in [0.25, 0.3) is 11.1 Å². The summed E-state index contributed by atoms with van der Waals surface area (Å²) >= 11 is 0. The summed E-state index contributed by atoms with van der Waals surface area (Å²) < 4.78 is 13.2. The van der Waals surface area contributed by atoms with Gasteiger partial charge < -0.3 is 9.15 Å². The Kier molecular flexibility index (Phi) is 7.50. The van der Waals surface area contributed by atoms with Crippen LogP contribution in [0.1, 0.15) is 96.5 Å². The Morgan fingerprint density at radius 2 is 1.78 bits per heavy atom. The number of unbranched alkanes of at least 4 members (excludes halogenated alkanes) is 8. The van der Waals surface area contributed by atoms with Crippen molar-refractivity contribution in [2.75, 3.05) is 0 Å². The van der Waals surface area contributed by atoms with Crippen molar-refractivity contribution in [1.82, 2.24) is 9.55 Å². The molecule has 27 heavy (non-hydrogen) atoms. The van der Waals surface area contributed by atoms with E-state index >= 15 is 0 Å². The van der Waals surface area contributed by atoms with E-state index in [1.165, 1.54) is 51.4 Å². The molecule has 1 saturated heterocycles. The summed E-state index contributed by atoms with van der Waals surface area (Å²) in [6.07, 6.45) is 16.4. The van der Waals surface area contributed by atoms with Gasteiger partial charge >= 0.3 is 5.69 Å². The van der Waals surface area contributed by atoms with Gasteiger partial charge in [0.1, 0.15) is 12.0 Å². The number of fused-ring (bicyclic) bond motifs is 1. The van der Waals surface area contributed by atoms with Gasteiger partial charge in [-0.3, -0.25) is 4.57 Å². The molecule has 0 bridgehead atoms. The van der Waals surface area contributed by atoms with Crippen LogP contribution >= 0.6 is 0 Å². The third-order valence-corrected chi connectivity index (χ3v) is 5.53. The summed E-state index contributed by atoms with van der Waals surface area (Å²) in [4.78, 5) is 16.4. The van der Waals surface area contributed by atoms with E-state index in [2.05, 4.69) is 11.9 Å². The Bertz CT molecular complexity index is 764. The Hall–Kier alpha value is -1.62. The normalized spacial score (nSPS) is 19.9. The summed E-state index contributed by atoms with van der Waals surface area (Å²) in [5, 5.41) is 0.892. The minimum absolute atomic E-state index is 0.194. The lowest BCUT2D eigenvalue weighted by Crippen LogP contribution is -2.26. The van der Waals surface area contributed by atoms with Gasteiger partial charge in [0.25, 0.3) is 0 Å². The molecular formula is C22H34N2O3. The first-order chi connectivity index (χ1) is 13.2. The molecule has 0 aliphatic carbocycles. The highest BCUT2D eigenvalue weighted by atomic mass is 16.5. The number of hydrogen-bond donors (Lipinski definition) is 0. The second-order valence-electron chi connectivity index (χ2n) is 7.96. The molecule has 0 saturated carbocycles. The first kappa shape index (κ1) is 20.1. The monoisotopic (exact) mass is 374 g/mol. The van der Waals surface area contributed by atoms with E-state index in [4.69, 9.17) is 9.15 Å². The lowest BCUT2D eigenvalue weighted by atomic mass is 10.1. The second kappa shape index (κ2) is 10.1. The lowest BCUT2D eigenvalue weighted by Gasteiger charge is -2.13. The average Bonchev–Trinajstić information content (AvgIpc) is 3.25. The van der Waals surface area contributed by atoms with Crippen LogP contribution in [-0.2, 0) is 11.2 Å². The third-order valence-electron chi connectivity index (χ3n) is 5.53. The molecule has 0 N–H and O–H groups in total. The van der Waals surface area contributed by atoms with Crippen LogP contribution in [-0.4, -0.2) is 15.7 Å². The van der Waals surface area contributed by atoms with Crippen LogP contribution < -0.4 is 5.69 Å². The molecule has 5 nitrogen and oxygen atoms in total. The highest BCUT2D eigenvalue weighted by molar-refractivity contribution is 5.72. The standard InChI is InChI=1S/C22H34N2O3/c1-3-4-5-6-7-8-9-10-11-12-19-15-18-16-24(20-14-13-17(2)26-20)22(25)23-21(18)27-19/h15-17,20H,3-14H2,1-2H3. The van der Waals surface area contributed by atoms with Crippen molar-refractivity contribution >= 4 is 11.1 Å². The molecule has 150 valence electrons. The van der Waals surface area contributed by atoms with Crippen LogP contribution in [0.3, 0.4) is 0 Å². The van der Waals surface area contributed by atoms with Crippen molar-refractivity contribution < 1.29 is 9.15 Å². The molecule has 2 aromatic heterocycles. The predicted octanol–water partition coefficient (Wildman–Crippen LogP) is 5.76. The van der Waals surface area contributed by atoms with E-state index in [0.717, 1.165) is 36.8 Å². The quantitative estimate of drug-likeness (QED) is 0.469. The fraction of sp³-hybridized carbons (Fsp3) is 0.727. The third kappa shape index (κ3) is 5.68. The summed E-state index contributed by atoms with van der Waals surface area (Å²) in [5.74, 6) is 0.929. The van der Waals surface area contributed by atoms with E-state index in [0.29, 0.717) is 5.71 Å². The fourth-order valence-corrected chi connectivity index (χ4v) is 3.90. The molecule has 0 radical (unpaired) electrons. The van der Waals surface area contributed by atoms with Gasteiger partial charge in [-0.1, -0.05) is 58.3 Å². The molecule has 1 aliphatic heterocycles. The topological polar surface area (TPSA) is 57.3 Å². The lowest BCUT2D eigenvalue weighted by molar-refractivity contribution is 0.00828. The van der Waals surface area contributed by atoms with Gasteiger partial charge in [-0.2, -0.15) is 4.98 Å². The summed E-state index contributed by atoms with van der Waals surface area (Å²) in [6.45, 7) is 4.30. The molecule has 0 spiro atoms. The van der Waals surface area contributed by atoms with Crippen molar-refractivity contribution in [3.63, 3.8) is 0 Å². The summed E-state index contributed by atoms with van der Waals surface area (Å²) in [6, 6.07) is 2.03. The van der Waals surface area contributed by atoms with Crippen molar-refractivity contribution in [1.29, 1.82) is 0 Å². The molecule has 2 aromatic rings. The molecule has 5 heteroatoms. The second-order valence-corrected chi connectivity index (χ2v) is 7.96. The number of ether oxygens (including phenoxy) is 1. The zero-order valence-electron chi connectivity index (χ0n) is 16.9. The Labute approximate surface area is 162 Å². The average molecular weight is 375 g/mol. The molecule has 1 aliphatic rings. The fourth-order valence-electron chi connectivity index (χ4n) is 3.90. The molecule has 2 unspecified atom stereocenters. The van der Waals surface area contributed by atoms with Gasteiger partial charge in [-0.15, -0.1) is 0 Å². The van der Waals surface area contributed by atoms with Gasteiger partial charge in [-0.25, -0.2) is 4.79 Å². The highest BCUT2D eigenvalue weighted by Gasteiger charge is 2.25. The number of hydrogen-bond acceptors (Lipinski definition) is 4. The Balaban J connectivity index is 1.46. The number of aryl methyl sites for hydroxylation is 1. The molecule has 0 amide bonds. The van der Waals surface area contributed by atoms with E-state index in [9.17, 15) is 4.79 Å². The van der Waals surface area contributed by atoms with Crippen LogP contribution in [0.2, 0.25) is 0 Å². The van der Waals surface area contributed by atoms with Crippen LogP contribution in [0.15, 0.2) is 21.5 Å². The van der Waals surface area contributed by atoms with Crippen LogP contribution in [0.5, 0.6) is 0 Å². The maximum Gasteiger partial charge on any atom is 0.353 e. The minimum Gasteiger partial charge on any atom is -0.443 e. The van der Waals surface area contributed by atoms with Gasteiger partial charge in [0, 0.05) is 12.6 Å². The zero-order chi connectivity index (χ0) is 19.1.